The van der Waals surface area contributed by atoms with Gasteiger partial charge in [0.1, 0.15) is 5.56 Å². The normalized spacial score (nSPS) is 20.6. The highest BCUT2D eigenvalue weighted by Gasteiger charge is 2.53. The van der Waals surface area contributed by atoms with E-state index in [4.69, 9.17) is 0 Å². The summed E-state index contributed by atoms with van der Waals surface area (Å²) in [5.41, 5.74) is -3.66. The number of anilines is 1. The van der Waals surface area contributed by atoms with Crippen molar-refractivity contribution in [1.82, 2.24) is 0 Å². The minimum absolute atomic E-state index is 0.134. The Morgan fingerprint density at radius 2 is 1.96 bits per heavy atom. The second kappa shape index (κ2) is 7.21. The smallest absolute Gasteiger partial charge is 0.433 e. The molecule has 2 rings (SSSR count). The number of nitro benzene ring substituents is 1. The monoisotopic (exact) mass is 402 g/mol. The third-order valence-electron chi connectivity index (χ3n) is 3.58. The zero-order valence-corrected chi connectivity index (χ0v) is 13.5. The molecule has 1 fully saturated rings. The number of hydrogen-bond donors (Lipinski definition) is 0. The maximum Gasteiger partial charge on any atom is 0.433 e. The van der Waals surface area contributed by atoms with Gasteiger partial charge < -0.3 is 14.4 Å². The number of esters is 1. The van der Waals surface area contributed by atoms with Gasteiger partial charge in [-0.1, -0.05) is 0 Å². The van der Waals surface area contributed by atoms with E-state index in [0.29, 0.717) is 11.0 Å². The summed E-state index contributed by atoms with van der Waals surface area (Å²) in [6.07, 6.45) is -14.6. The molecule has 0 N–H and O–H groups in total. The Morgan fingerprint density at radius 3 is 2.44 bits per heavy atom. The van der Waals surface area contributed by atoms with E-state index in [2.05, 4.69) is 9.47 Å². The van der Waals surface area contributed by atoms with Crippen LogP contribution in [0.1, 0.15) is 12.5 Å². The standard InChI is InChI=1S/C14H12F6N2O5/c1-2-26-11(23)10-6-21(12(27-10)14(18,19)20)7-3-4-9(22(24)25)8(5-7)13(15,16)17/h3-5,10,12H,2,6H2,1H3/t10-,12+/m0/s1. The summed E-state index contributed by atoms with van der Waals surface area (Å²) in [4.78, 5) is 21.5. The van der Waals surface area contributed by atoms with Crippen LogP contribution in [-0.2, 0) is 20.4 Å². The topological polar surface area (TPSA) is 81.9 Å². The first-order valence-corrected chi connectivity index (χ1v) is 7.37. The van der Waals surface area contributed by atoms with Crippen LogP contribution in [0.4, 0.5) is 37.7 Å². The second-order valence-electron chi connectivity index (χ2n) is 5.38. The van der Waals surface area contributed by atoms with Crippen molar-refractivity contribution >= 4 is 17.3 Å². The Bertz CT molecular complexity index is 736. The molecule has 0 saturated carbocycles. The van der Waals surface area contributed by atoms with Crippen LogP contribution >= 0.6 is 0 Å². The van der Waals surface area contributed by atoms with Crippen molar-refractivity contribution in [2.45, 2.75) is 31.6 Å². The Morgan fingerprint density at radius 1 is 1.33 bits per heavy atom. The molecule has 1 aromatic carbocycles. The van der Waals surface area contributed by atoms with Crippen molar-refractivity contribution in [3.63, 3.8) is 0 Å². The molecule has 0 aliphatic carbocycles. The van der Waals surface area contributed by atoms with E-state index in [1.807, 2.05) is 0 Å². The van der Waals surface area contributed by atoms with Gasteiger partial charge in [0, 0.05) is 11.8 Å². The van der Waals surface area contributed by atoms with Gasteiger partial charge in [0.05, 0.1) is 18.1 Å². The van der Waals surface area contributed by atoms with Gasteiger partial charge in [0.15, 0.2) is 6.10 Å². The summed E-state index contributed by atoms with van der Waals surface area (Å²) in [5, 5.41) is 10.8. The summed E-state index contributed by atoms with van der Waals surface area (Å²) in [7, 11) is 0. The number of rotatable bonds is 4. The third kappa shape index (κ3) is 4.40. The molecule has 150 valence electrons. The van der Waals surface area contributed by atoms with E-state index in [1.54, 1.807) is 0 Å². The van der Waals surface area contributed by atoms with Crippen molar-refractivity contribution < 1.29 is 45.5 Å². The largest absolute Gasteiger partial charge is 0.464 e. The van der Waals surface area contributed by atoms with Crippen LogP contribution in [0.5, 0.6) is 0 Å². The van der Waals surface area contributed by atoms with Crippen LogP contribution in [0.25, 0.3) is 0 Å². The Hall–Kier alpha value is -2.57. The number of carbonyl (C=O) groups is 1. The molecule has 0 amide bonds. The van der Waals surface area contributed by atoms with Crippen LogP contribution in [0.2, 0.25) is 0 Å². The van der Waals surface area contributed by atoms with E-state index in [-0.39, 0.29) is 12.7 Å². The van der Waals surface area contributed by atoms with Crippen molar-refractivity contribution in [1.29, 1.82) is 0 Å². The van der Waals surface area contributed by atoms with Gasteiger partial charge >= 0.3 is 18.3 Å². The highest BCUT2D eigenvalue weighted by molar-refractivity contribution is 5.76. The molecule has 13 heteroatoms. The van der Waals surface area contributed by atoms with E-state index in [1.165, 1.54) is 6.92 Å². The molecule has 7 nitrogen and oxygen atoms in total. The number of alkyl halides is 6. The molecular weight excluding hydrogens is 390 g/mol. The minimum atomic E-state index is -5.17. The molecule has 1 saturated heterocycles. The van der Waals surface area contributed by atoms with Gasteiger partial charge in [-0.05, 0) is 19.1 Å². The summed E-state index contributed by atoms with van der Waals surface area (Å²) >= 11 is 0. The van der Waals surface area contributed by atoms with Gasteiger partial charge in [-0.15, -0.1) is 0 Å². The number of benzene rings is 1. The van der Waals surface area contributed by atoms with E-state index < -0.39 is 59.1 Å². The molecule has 1 aliphatic rings. The lowest BCUT2D eigenvalue weighted by Gasteiger charge is -2.27. The molecule has 0 unspecified atom stereocenters. The summed E-state index contributed by atoms with van der Waals surface area (Å²) in [6.45, 7) is 0.543. The zero-order chi connectivity index (χ0) is 20.6. The molecule has 0 aromatic heterocycles. The molecule has 1 aliphatic heterocycles. The predicted octanol–water partition coefficient (Wildman–Crippen LogP) is 3.27. The number of nitrogens with zero attached hydrogens (tertiary/aromatic N) is 2. The van der Waals surface area contributed by atoms with E-state index >= 15 is 0 Å². The quantitative estimate of drug-likeness (QED) is 0.333. The lowest BCUT2D eigenvalue weighted by molar-refractivity contribution is -0.388. The summed E-state index contributed by atoms with van der Waals surface area (Å²) in [6, 6.07) is 1.39. The van der Waals surface area contributed by atoms with Gasteiger partial charge in [0.2, 0.25) is 6.23 Å². The fraction of sp³-hybridized carbons (Fsp3) is 0.500. The van der Waals surface area contributed by atoms with Crippen molar-refractivity contribution in [3.8, 4) is 0 Å². The van der Waals surface area contributed by atoms with Crippen molar-refractivity contribution in [2.24, 2.45) is 0 Å². The zero-order valence-electron chi connectivity index (χ0n) is 13.5. The summed E-state index contributed by atoms with van der Waals surface area (Å²) < 4.78 is 88.0. The number of nitro groups is 1. The molecule has 0 spiro atoms. The van der Waals surface area contributed by atoms with Gasteiger partial charge in [-0.2, -0.15) is 26.3 Å². The van der Waals surface area contributed by atoms with Gasteiger partial charge in [-0.25, -0.2) is 4.79 Å². The first-order valence-electron chi connectivity index (χ1n) is 7.37. The number of hydrogen-bond acceptors (Lipinski definition) is 6. The molecule has 2 atom stereocenters. The molecule has 1 heterocycles. The lowest BCUT2D eigenvalue weighted by atomic mass is 10.1. The summed E-state index contributed by atoms with van der Waals surface area (Å²) in [5.74, 6) is -1.10. The molecular formula is C14H12F6N2O5. The maximum absolute atomic E-state index is 13.2. The second-order valence-corrected chi connectivity index (χ2v) is 5.38. The highest BCUT2D eigenvalue weighted by atomic mass is 19.4. The minimum Gasteiger partial charge on any atom is -0.464 e. The highest BCUT2D eigenvalue weighted by Crippen LogP contribution is 2.41. The van der Waals surface area contributed by atoms with Gasteiger partial charge in [0.25, 0.3) is 5.69 Å². The number of carbonyl (C=O) groups excluding carboxylic acids is 1. The Balaban J connectivity index is 2.47. The Labute approximate surface area is 147 Å². The van der Waals surface area contributed by atoms with E-state index in [0.717, 1.165) is 6.07 Å². The maximum atomic E-state index is 13.2. The van der Waals surface area contributed by atoms with Crippen LogP contribution in [0.3, 0.4) is 0 Å². The number of ether oxygens (including phenoxy) is 2. The van der Waals surface area contributed by atoms with Crippen molar-refractivity contribution in [2.75, 3.05) is 18.1 Å². The molecule has 1 aromatic rings. The van der Waals surface area contributed by atoms with Crippen LogP contribution < -0.4 is 4.90 Å². The van der Waals surface area contributed by atoms with Crippen LogP contribution in [0, 0.1) is 10.1 Å². The first kappa shape index (κ1) is 20.7. The van der Waals surface area contributed by atoms with Crippen LogP contribution in [0.15, 0.2) is 18.2 Å². The fourth-order valence-electron chi connectivity index (χ4n) is 2.50. The van der Waals surface area contributed by atoms with E-state index in [9.17, 15) is 41.3 Å². The number of halogens is 6. The average Bonchev–Trinajstić information content (AvgIpc) is 2.99. The Kier molecular flexibility index (Phi) is 5.54. The third-order valence-corrected chi connectivity index (χ3v) is 3.58. The molecule has 0 radical (unpaired) electrons. The fourth-order valence-corrected chi connectivity index (χ4v) is 2.50. The SMILES string of the molecule is CCOC(=O)[C@@H]1CN(c2ccc([N+](=O)[O-])c(C(F)(F)F)c2)[C@@H](C(F)(F)F)O1. The average molecular weight is 402 g/mol. The molecule has 0 bridgehead atoms. The first-order chi connectivity index (χ1) is 12.4. The lowest BCUT2D eigenvalue weighted by Crippen LogP contribution is -2.42. The predicted molar refractivity (Wildman–Crippen MR) is 76.8 cm³/mol. The van der Waals surface area contributed by atoms with Crippen LogP contribution in [-0.4, -0.2) is 42.6 Å². The van der Waals surface area contributed by atoms with Crippen molar-refractivity contribution in [3.05, 3.63) is 33.9 Å². The van der Waals surface area contributed by atoms with Gasteiger partial charge in [-0.3, -0.25) is 10.1 Å². The molecule has 27 heavy (non-hydrogen) atoms.